The lowest BCUT2D eigenvalue weighted by Gasteiger charge is -2.08. The van der Waals surface area contributed by atoms with Crippen LogP contribution in [-0.4, -0.2) is 11.1 Å². The number of hydrogen-bond donors (Lipinski definition) is 1. The summed E-state index contributed by atoms with van der Waals surface area (Å²) in [5, 5.41) is 8.43. The zero-order valence-corrected chi connectivity index (χ0v) is 8.18. The topological polar surface area (TPSA) is 37.3 Å². The molecule has 0 bridgehead atoms. The van der Waals surface area contributed by atoms with Crippen LogP contribution >= 0.6 is 0 Å². The molecule has 0 spiro atoms. The zero-order chi connectivity index (χ0) is 9.40. The number of hydrogen-bond acceptors (Lipinski definition) is 1. The largest absolute Gasteiger partial charge is 0.481 e. The minimum absolute atomic E-state index is 0.327. The van der Waals surface area contributed by atoms with Crippen molar-refractivity contribution in [2.45, 2.75) is 52.4 Å². The van der Waals surface area contributed by atoms with Crippen molar-refractivity contribution in [1.82, 2.24) is 0 Å². The van der Waals surface area contributed by atoms with E-state index >= 15 is 0 Å². The van der Waals surface area contributed by atoms with E-state index < -0.39 is 5.97 Å². The molecule has 0 aromatic heterocycles. The molecule has 1 unspecified atom stereocenters. The van der Waals surface area contributed by atoms with Crippen LogP contribution in [0.5, 0.6) is 0 Å². The summed E-state index contributed by atoms with van der Waals surface area (Å²) >= 11 is 0. The number of carboxylic acid groups (broad SMARTS) is 1. The van der Waals surface area contributed by atoms with Crippen molar-refractivity contribution in [1.29, 1.82) is 0 Å². The highest BCUT2D eigenvalue weighted by Gasteiger charge is 2.04. The van der Waals surface area contributed by atoms with E-state index in [-0.39, 0.29) is 0 Å². The third-order valence-electron chi connectivity index (χ3n) is 2.15. The van der Waals surface area contributed by atoms with Crippen molar-refractivity contribution < 1.29 is 9.90 Å². The summed E-state index contributed by atoms with van der Waals surface area (Å²) < 4.78 is 0. The number of unbranched alkanes of at least 4 members (excludes halogenated alkanes) is 2. The highest BCUT2D eigenvalue weighted by Crippen LogP contribution is 2.14. The van der Waals surface area contributed by atoms with Gasteiger partial charge in [-0.2, -0.15) is 0 Å². The monoisotopic (exact) mass is 172 g/mol. The minimum Gasteiger partial charge on any atom is -0.481 e. The second kappa shape index (κ2) is 7.14. The third-order valence-corrected chi connectivity index (χ3v) is 2.15. The van der Waals surface area contributed by atoms with Gasteiger partial charge in [0.25, 0.3) is 0 Å². The van der Waals surface area contributed by atoms with Crippen LogP contribution in [-0.2, 0) is 4.79 Å². The average Bonchev–Trinajstić information content (AvgIpc) is 2.01. The molecule has 0 saturated heterocycles. The maximum atomic E-state index is 10.2. The summed E-state index contributed by atoms with van der Waals surface area (Å²) in [7, 11) is 0. The van der Waals surface area contributed by atoms with Gasteiger partial charge in [0.05, 0.1) is 0 Å². The van der Waals surface area contributed by atoms with Crippen LogP contribution in [0, 0.1) is 5.92 Å². The summed E-state index contributed by atoms with van der Waals surface area (Å²) in [4.78, 5) is 10.2. The van der Waals surface area contributed by atoms with Gasteiger partial charge >= 0.3 is 5.97 Å². The molecular weight excluding hydrogens is 152 g/mol. The van der Waals surface area contributed by atoms with Crippen LogP contribution in [0.1, 0.15) is 52.4 Å². The number of carboxylic acids is 1. The standard InChI is InChI=1S/C10H20O2/c1-3-4-5-6-9(2)7-8-10(11)12/h9H,3-8H2,1-2H3,(H,11,12). The average molecular weight is 172 g/mol. The molecule has 0 aromatic carbocycles. The second-order valence-electron chi connectivity index (χ2n) is 3.53. The highest BCUT2D eigenvalue weighted by atomic mass is 16.4. The summed E-state index contributed by atoms with van der Waals surface area (Å²) in [5.41, 5.74) is 0. The van der Waals surface area contributed by atoms with Crippen molar-refractivity contribution >= 4 is 5.97 Å². The van der Waals surface area contributed by atoms with E-state index in [9.17, 15) is 4.79 Å². The molecule has 0 amide bonds. The van der Waals surface area contributed by atoms with Crippen molar-refractivity contribution in [3.05, 3.63) is 0 Å². The molecule has 0 aliphatic rings. The number of rotatable bonds is 7. The predicted octanol–water partition coefficient (Wildman–Crippen LogP) is 3.07. The Hall–Kier alpha value is -0.530. The van der Waals surface area contributed by atoms with Crippen LogP contribution in [0.2, 0.25) is 0 Å². The SMILES string of the molecule is CCCCCC(C)CCC(=O)O. The molecule has 12 heavy (non-hydrogen) atoms. The molecule has 0 heterocycles. The lowest BCUT2D eigenvalue weighted by molar-refractivity contribution is -0.137. The first-order chi connectivity index (χ1) is 5.66. The maximum absolute atomic E-state index is 10.2. The van der Waals surface area contributed by atoms with Gasteiger partial charge in [0, 0.05) is 6.42 Å². The predicted molar refractivity (Wildman–Crippen MR) is 50.2 cm³/mol. The molecule has 0 rings (SSSR count). The normalized spacial score (nSPS) is 12.8. The Labute approximate surface area is 75.0 Å². The van der Waals surface area contributed by atoms with Crippen LogP contribution in [0.3, 0.4) is 0 Å². The van der Waals surface area contributed by atoms with Crippen molar-refractivity contribution in [3.63, 3.8) is 0 Å². The molecule has 0 radical (unpaired) electrons. The molecule has 72 valence electrons. The van der Waals surface area contributed by atoms with Gasteiger partial charge in [0.15, 0.2) is 0 Å². The minimum atomic E-state index is -0.669. The van der Waals surface area contributed by atoms with Crippen LogP contribution in [0.4, 0.5) is 0 Å². The molecule has 0 aromatic rings. The Morgan fingerprint density at radius 2 is 2.00 bits per heavy atom. The molecule has 2 nitrogen and oxygen atoms in total. The van der Waals surface area contributed by atoms with Gasteiger partial charge in [-0.25, -0.2) is 0 Å². The van der Waals surface area contributed by atoms with Gasteiger partial charge in [-0.3, -0.25) is 4.79 Å². The molecular formula is C10H20O2. The smallest absolute Gasteiger partial charge is 0.303 e. The van der Waals surface area contributed by atoms with Gasteiger partial charge < -0.3 is 5.11 Å². The summed E-state index contributed by atoms with van der Waals surface area (Å²) in [6.45, 7) is 4.32. The summed E-state index contributed by atoms with van der Waals surface area (Å²) in [6.07, 6.45) is 6.10. The van der Waals surface area contributed by atoms with Crippen molar-refractivity contribution in [2.75, 3.05) is 0 Å². The van der Waals surface area contributed by atoms with Crippen LogP contribution < -0.4 is 0 Å². The molecule has 1 atom stereocenters. The quantitative estimate of drug-likeness (QED) is 0.599. The van der Waals surface area contributed by atoms with Gasteiger partial charge in [-0.15, -0.1) is 0 Å². The van der Waals surface area contributed by atoms with E-state index in [2.05, 4.69) is 13.8 Å². The van der Waals surface area contributed by atoms with E-state index in [0.717, 1.165) is 6.42 Å². The van der Waals surface area contributed by atoms with Crippen LogP contribution in [0.25, 0.3) is 0 Å². The molecule has 2 heteroatoms. The molecule has 1 N–H and O–H groups in total. The first kappa shape index (κ1) is 11.5. The second-order valence-corrected chi connectivity index (χ2v) is 3.53. The van der Waals surface area contributed by atoms with E-state index in [1.54, 1.807) is 0 Å². The number of aliphatic carboxylic acids is 1. The number of carbonyl (C=O) groups is 1. The Kier molecular flexibility index (Phi) is 6.82. The van der Waals surface area contributed by atoms with Gasteiger partial charge in [0.2, 0.25) is 0 Å². The fourth-order valence-corrected chi connectivity index (χ4v) is 1.26. The molecule has 0 fully saturated rings. The van der Waals surface area contributed by atoms with Crippen molar-refractivity contribution in [2.24, 2.45) is 5.92 Å². The Morgan fingerprint density at radius 3 is 2.50 bits per heavy atom. The fourth-order valence-electron chi connectivity index (χ4n) is 1.26. The lowest BCUT2D eigenvalue weighted by Crippen LogP contribution is -2.00. The Bertz CT molecular complexity index is 121. The van der Waals surface area contributed by atoms with E-state index in [4.69, 9.17) is 5.11 Å². The molecule has 0 aliphatic heterocycles. The Balaban J connectivity index is 3.21. The lowest BCUT2D eigenvalue weighted by atomic mass is 9.98. The van der Waals surface area contributed by atoms with E-state index in [0.29, 0.717) is 12.3 Å². The van der Waals surface area contributed by atoms with Gasteiger partial charge in [-0.1, -0.05) is 39.5 Å². The van der Waals surface area contributed by atoms with Crippen LogP contribution in [0.15, 0.2) is 0 Å². The summed E-state index contributed by atoms with van der Waals surface area (Å²) in [5.74, 6) is -0.0926. The third kappa shape index (κ3) is 7.58. The maximum Gasteiger partial charge on any atom is 0.303 e. The fraction of sp³-hybridized carbons (Fsp3) is 0.900. The summed E-state index contributed by atoms with van der Waals surface area (Å²) in [6, 6.07) is 0. The first-order valence-electron chi connectivity index (χ1n) is 4.88. The highest BCUT2D eigenvalue weighted by molar-refractivity contribution is 5.66. The Morgan fingerprint density at radius 1 is 1.33 bits per heavy atom. The first-order valence-corrected chi connectivity index (χ1v) is 4.88. The van der Waals surface area contributed by atoms with E-state index in [1.165, 1.54) is 25.7 Å². The zero-order valence-electron chi connectivity index (χ0n) is 8.18. The van der Waals surface area contributed by atoms with E-state index in [1.807, 2.05) is 0 Å². The molecule has 0 saturated carbocycles. The van der Waals surface area contributed by atoms with Gasteiger partial charge in [0.1, 0.15) is 0 Å². The van der Waals surface area contributed by atoms with Gasteiger partial charge in [-0.05, 0) is 12.3 Å². The van der Waals surface area contributed by atoms with Crippen molar-refractivity contribution in [3.8, 4) is 0 Å². The molecule has 0 aliphatic carbocycles.